The zero-order valence-corrected chi connectivity index (χ0v) is 10.2. The summed E-state index contributed by atoms with van der Waals surface area (Å²) in [4.78, 5) is 12.9. The van der Waals surface area contributed by atoms with Gasteiger partial charge in [-0.15, -0.1) is 0 Å². The summed E-state index contributed by atoms with van der Waals surface area (Å²) in [5.74, 6) is 0. The molecule has 2 rings (SSSR count). The lowest BCUT2D eigenvalue weighted by Crippen LogP contribution is -2.28. The summed E-state index contributed by atoms with van der Waals surface area (Å²) in [5.41, 5.74) is 1.66. The number of hydrogen-bond donors (Lipinski definition) is 0. The molecule has 0 aromatic heterocycles. The van der Waals surface area contributed by atoms with Crippen LogP contribution in [0.15, 0.2) is 18.2 Å². The Morgan fingerprint density at radius 2 is 2.06 bits per heavy atom. The van der Waals surface area contributed by atoms with E-state index >= 15 is 0 Å². The van der Waals surface area contributed by atoms with E-state index in [1.807, 2.05) is 12.1 Å². The fraction of sp³-hybridized carbons (Fsp3) is 0.462. The Kier molecular flexibility index (Phi) is 3.49. The quantitative estimate of drug-likeness (QED) is 0.750. The van der Waals surface area contributed by atoms with Gasteiger partial charge in [0, 0.05) is 24.3 Å². The fourth-order valence-corrected chi connectivity index (χ4v) is 2.55. The highest BCUT2D eigenvalue weighted by molar-refractivity contribution is 6.33. The Hall–Kier alpha value is -1.02. The molecule has 0 aliphatic heterocycles. The first-order valence-corrected chi connectivity index (χ1v) is 6.07. The van der Waals surface area contributed by atoms with Gasteiger partial charge in [-0.1, -0.05) is 24.4 Å². The maximum atomic E-state index is 10.7. The van der Waals surface area contributed by atoms with Crippen LogP contribution in [0.5, 0.6) is 0 Å². The van der Waals surface area contributed by atoms with E-state index in [1.54, 1.807) is 6.07 Å². The van der Waals surface area contributed by atoms with Crippen molar-refractivity contribution >= 4 is 23.6 Å². The lowest BCUT2D eigenvalue weighted by Gasteiger charge is -2.26. The summed E-state index contributed by atoms with van der Waals surface area (Å²) in [7, 11) is 2.10. The molecule has 0 radical (unpaired) electrons. The predicted octanol–water partition coefficient (Wildman–Crippen LogP) is 3.53. The molecule has 1 aliphatic rings. The number of carbonyl (C=O) groups excluding carboxylic acids is 1. The van der Waals surface area contributed by atoms with Crippen molar-refractivity contribution in [2.24, 2.45) is 0 Å². The Labute approximate surface area is 101 Å². The van der Waals surface area contributed by atoms with Crippen LogP contribution in [-0.2, 0) is 0 Å². The molecule has 1 fully saturated rings. The molecule has 3 heteroatoms. The molecule has 0 spiro atoms. The van der Waals surface area contributed by atoms with Crippen LogP contribution < -0.4 is 4.90 Å². The number of aldehydes is 1. The van der Waals surface area contributed by atoms with Gasteiger partial charge in [0.1, 0.15) is 0 Å². The SMILES string of the molecule is CN(c1ccc(C=O)c(Cl)c1)C1CCCC1. The van der Waals surface area contributed by atoms with E-state index in [9.17, 15) is 4.79 Å². The average Bonchev–Trinajstić information content (AvgIpc) is 2.81. The van der Waals surface area contributed by atoms with Gasteiger partial charge in [0.05, 0.1) is 5.02 Å². The summed E-state index contributed by atoms with van der Waals surface area (Å²) in [6.45, 7) is 0. The van der Waals surface area contributed by atoms with Gasteiger partial charge < -0.3 is 4.90 Å². The van der Waals surface area contributed by atoms with Crippen molar-refractivity contribution in [2.75, 3.05) is 11.9 Å². The van der Waals surface area contributed by atoms with E-state index in [0.717, 1.165) is 12.0 Å². The maximum Gasteiger partial charge on any atom is 0.151 e. The maximum absolute atomic E-state index is 10.7. The number of anilines is 1. The average molecular weight is 238 g/mol. The molecule has 0 atom stereocenters. The number of hydrogen-bond acceptors (Lipinski definition) is 2. The van der Waals surface area contributed by atoms with Gasteiger partial charge in [-0.05, 0) is 31.0 Å². The number of carbonyl (C=O) groups is 1. The minimum Gasteiger partial charge on any atom is -0.372 e. The Morgan fingerprint density at radius 3 is 2.62 bits per heavy atom. The summed E-state index contributed by atoms with van der Waals surface area (Å²) in [6, 6.07) is 6.26. The number of halogens is 1. The highest BCUT2D eigenvalue weighted by Crippen LogP contribution is 2.29. The van der Waals surface area contributed by atoms with Crippen molar-refractivity contribution in [1.29, 1.82) is 0 Å². The normalized spacial score (nSPS) is 16.4. The molecule has 1 aromatic carbocycles. The summed E-state index contributed by atoms with van der Waals surface area (Å²) in [5, 5.41) is 0.539. The van der Waals surface area contributed by atoms with Gasteiger partial charge in [0.2, 0.25) is 0 Å². The van der Waals surface area contributed by atoms with Crippen molar-refractivity contribution in [3.05, 3.63) is 28.8 Å². The highest BCUT2D eigenvalue weighted by Gasteiger charge is 2.20. The largest absolute Gasteiger partial charge is 0.372 e. The van der Waals surface area contributed by atoms with Crippen LogP contribution in [0, 0.1) is 0 Å². The summed E-state index contributed by atoms with van der Waals surface area (Å²) in [6.07, 6.45) is 5.93. The van der Waals surface area contributed by atoms with Gasteiger partial charge in [0.15, 0.2) is 6.29 Å². The van der Waals surface area contributed by atoms with Crippen LogP contribution in [0.2, 0.25) is 5.02 Å². The Bertz CT molecular complexity index is 386. The third kappa shape index (κ3) is 2.22. The molecule has 1 aromatic rings. The monoisotopic (exact) mass is 237 g/mol. The first-order valence-electron chi connectivity index (χ1n) is 5.70. The van der Waals surface area contributed by atoms with Crippen molar-refractivity contribution in [3.63, 3.8) is 0 Å². The van der Waals surface area contributed by atoms with Gasteiger partial charge in [0.25, 0.3) is 0 Å². The molecule has 0 amide bonds. The second-order valence-electron chi connectivity index (χ2n) is 4.37. The van der Waals surface area contributed by atoms with E-state index in [4.69, 9.17) is 11.6 Å². The van der Waals surface area contributed by atoms with E-state index in [0.29, 0.717) is 16.6 Å². The third-order valence-corrected chi connectivity index (χ3v) is 3.72. The van der Waals surface area contributed by atoms with Crippen LogP contribution in [0.25, 0.3) is 0 Å². The van der Waals surface area contributed by atoms with Gasteiger partial charge in [-0.25, -0.2) is 0 Å². The van der Waals surface area contributed by atoms with Gasteiger partial charge in [-0.2, -0.15) is 0 Å². The van der Waals surface area contributed by atoms with Crippen molar-refractivity contribution in [2.45, 2.75) is 31.7 Å². The molecule has 0 saturated heterocycles. The molecule has 1 saturated carbocycles. The fourth-order valence-electron chi connectivity index (χ4n) is 2.33. The molecule has 0 heterocycles. The third-order valence-electron chi connectivity index (χ3n) is 3.39. The lowest BCUT2D eigenvalue weighted by molar-refractivity contribution is 0.112. The minimum atomic E-state index is 0.539. The molecule has 86 valence electrons. The van der Waals surface area contributed by atoms with E-state index in [1.165, 1.54) is 25.7 Å². The van der Waals surface area contributed by atoms with Crippen molar-refractivity contribution < 1.29 is 4.79 Å². The minimum absolute atomic E-state index is 0.539. The molecule has 2 nitrogen and oxygen atoms in total. The van der Waals surface area contributed by atoms with Crippen molar-refractivity contribution in [3.8, 4) is 0 Å². The van der Waals surface area contributed by atoms with Gasteiger partial charge >= 0.3 is 0 Å². The van der Waals surface area contributed by atoms with E-state index in [-0.39, 0.29) is 0 Å². The van der Waals surface area contributed by atoms with E-state index < -0.39 is 0 Å². The smallest absolute Gasteiger partial charge is 0.151 e. The molecule has 0 unspecified atom stereocenters. The molecular weight excluding hydrogens is 222 g/mol. The molecule has 0 N–H and O–H groups in total. The first kappa shape index (κ1) is 11.5. The zero-order valence-electron chi connectivity index (χ0n) is 9.45. The highest BCUT2D eigenvalue weighted by atomic mass is 35.5. The number of benzene rings is 1. The number of rotatable bonds is 3. The van der Waals surface area contributed by atoms with Crippen LogP contribution in [0.4, 0.5) is 5.69 Å². The van der Waals surface area contributed by atoms with E-state index in [2.05, 4.69) is 11.9 Å². The molecule has 16 heavy (non-hydrogen) atoms. The standard InChI is InChI=1S/C13H16ClNO/c1-15(11-4-2-3-5-11)12-7-6-10(9-16)13(14)8-12/h6-9,11H,2-5H2,1H3. The van der Waals surface area contributed by atoms with Crippen LogP contribution in [0.3, 0.4) is 0 Å². The van der Waals surface area contributed by atoms with Crippen LogP contribution in [-0.4, -0.2) is 19.4 Å². The first-order chi connectivity index (χ1) is 7.72. The van der Waals surface area contributed by atoms with Crippen LogP contribution in [0.1, 0.15) is 36.0 Å². The molecule has 1 aliphatic carbocycles. The summed E-state index contributed by atoms with van der Waals surface area (Å²) < 4.78 is 0. The second kappa shape index (κ2) is 4.88. The topological polar surface area (TPSA) is 20.3 Å². The predicted molar refractivity (Wildman–Crippen MR) is 67.5 cm³/mol. The summed E-state index contributed by atoms with van der Waals surface area (Å²) >= 11 is 6.02. The number of nitrogens with zero attached hydrogens (tertiary/aromatic N) is 1. The zero-order chi connectivity index (χ0) is 11.5. The second-order valence-corrected chi connectivity index (χ2v) is 4.78. The Balaban J connectivity index is 2.19. The van der Waals surface area contributed by atoms with Gasteiger partial charge in [-0.3, -0.25) is 4.79 Å². The molecular formula is C13H16ClNO. The van der Waals surface area contributed by atoms with Crippen molar-refractivity contribution in [1.82, 2.24) is 0 Å². The van der Waals surface area contributed by atoms with Crippen LogP contribution >= 0.6 is 11.6 Å². The molecule has 0 bridgehead atoms. The Morgan fingerprint density at radius 1 is 1.38 bits per heavy atom. The lowest BCUT2D eigenvalue weighted by atomic mass is 10.1.